The number of nitrogen functional groups attached to an aromatic ring is 1. The van der Waals surface area contributed by atoms with Crippen LogP contribution in [0.5, 0.6) is 0 Å². The van der Waals surface area contributed by atoms with E-state index in [2.05, 4.69) is 5.10 Å². The molecule has 2 aromatic carbocycles. The van der Waals surface area contributed by atoms with Crippen LogP contribution in [0.1, 0.15) is 0 Å². The Labute approximate surface area is 121 Å². The summed E-state index contributed by atoms with van der Waals surface area (Å²) in [5.41, 5.74) is 8.57. The fourth-order valence-electron chi connectivity index (χ4n) is 2.40. The molecule has 0 unspecified atom stereocenters. The van der Waals surface area contributed by atoms with Crippen LogP contribution in [0.15, 0.2) is 71.1 Å². The topological polar surface area (TPSA) is 57.0 Å². The number of nitrogens with two attached hydrogens (primary N) is 1. The predicted molar refractivity (Wildman–Crippen MR) is 83.2 cm³/mol. The van der Waals surface area contributed by atoms with E-state index in [1.165, 1.54) is 0 Å². The van der Waals surface area contributed by atoms with Crippen LogP contribution in [0.2, 0.25) is 0 Å². The average molecular weight is 275 g/mol. The number of anilines is 1. The molecule has 0 aliphatic carbocycles. The normalized spacial score (nSPS) is 11.0. The standard InChI is InChI=1S/C17H13N3O/c18-17-11-14(19-20(17)13-7-2-1-3-8-13)16-10-12-6-4-5-9-15(12)21-16/h1-11H,18H2. The largest absolute Gasteiger partial charge is 0.454 e. The van der Waals surface area contributed by atoms with Gasteiger partial charge in [0.15, 0.2) is 5.76 Å². The zero-order valence-corrected chi connectivity index (χ0v) is 11.2. The summed E-state index contributed by atoms with van der Waals surface area (Å²) in [6.45, 7) is 0. The highest BCUT2D eigenvalue weighted by Crippen LogP contribution is 2.28. The molecule has 2 N–H and O–H groups in total. The molecule has 0 atom stereocenters. The Hall–Kier alpha value is -3.01. The Kier molecular flexibility index (Phi) is 2.54. The minimum atomic E-state index is 0.580. The van der Waals surface area contributed by atoms with Crippen LogP contribution in [0.3, 0.4) is 0 Å². The van der Waals surface area contributed by atoms with E-state index in [4.69, 9.17) is 10.2 Å². The number of fused-ring (bicyclic) bond motifs is 1. The van der Waals surface area contributed by atoms with Gasteiger partial charge in [-0.3, -0.25) is 0 Å². The van der Waals surface area contributed by atoms with Gasteiger partial charge in [0.05, 0.1) is 5.69 Å². The van der Waals surface area contributed by atoms with E-state index in [1.54, 1.807) is 4.68 Å². The van der Waals surface area contributed by atoms with Gasteiger partial charge in [0, 0.05) is 11.5 Å². The van der Waals surface area contributed by atoms with Crippen molar-refractivity contribution in [1.29, 1.82) is 0 Å². The van der Waals surface area contributed by atoms with Gasteiger partial charge in [0.1, 0.15) is 17.1 Å². The van der Waals surface area contributed by atoms with E-state index in [0.717, 1.165) is 28.1 Å². The Balaban J connectivity index is 1.83. The highest BCUT2D eigenvalue weighted by molar-refractivity contribution is 5.82. The van der Waals surface area contributed by atoms with E-state index in [1.807, 2.05) is 66.7 Å². The number of hydrogen-bond acceptors (Lipinski definition) is 3. The molecule has 0 bridgehead atoms. The molecule has 4 heteroatoms. The third kappa shape index (κ3) is 1.97. The predicted octanol–water partition coefficient (Wildman–Crippen LogP) is 3.87. The maximum Gasteiger partial charge on any atom is 0.155 e. The molecular weight excluding hydrogens is 262 g/mol. The fourth-order valence-corrected chi connectivity index (χ4v) is 2.40. The van der Waals surface area contributed by atoms with Crippen LogP contribution >= 0.6 is 0 Å². The van der Waals surface area contributed by atoms with Crippen molar-refractivity contribution in [3.63, 3.8) is 0 Å². The van der Waals surface area contributed by atoms with Crippen molar-refractivity contribution in [1.82, 2.24) is 9.78 Å². The smallest absolute Gasteiger partial charge is 0.155 e. The molecule has 0 aliphatic rings. The van der Waals surface area contributed by atoms with Gasteiger partial charge in [-0.25, -0.2) is 4.68 Å². The number of para-hydroxylation sites is 2. The van der Waals surface area contributed by atoms with Crippen molar-refractivity contribution >= 4 is 16.8 Å². The molecule has 0 saturated heterocycles. The highest BCUT2D eigenvalue weighted by Gasteiger charge is 2.12. The maximum absolute atomic E-state index is 6.06. The summed E-state index contributed by atoms with van der Waals surface area (Å²) in [4.78, 5) is 0. The summed E-state index contributed by atoms with van der Waals surface area (Å²) in [7, 11) is 0. The lowest BCUT2D eigenvalue weighted by atomic mass is 10.2. The molecule has 4 rings (SSSR count). The van der Waals surface area contributed by atoms with Crippen molar-refractivity contribution in [3.8, 4) is 17.1 Å². The highest BCUT2D eigenvalue weighted by atomic mass is 16.3. The van der Waals surface area contributed by atoms with E-state index in [0.29, 0.717) is 5.82 Å². The zero-order chi connectivity index (χ0) is 14.2. The first-order valence-corrected chi connectivity index (χ1v) is 6.71. The second-order valence-corrected chi connectivity index (χ2v) is 4.85. The fraction of sp³-hybridized carbons (Fsp3) is 0. The lowest BCUT2D eigenvalue weighted by molar-refractivity contribution is 0.627. The van der Waals surface area contributed by atoms with Crippen molar-refractivity contribution in [3.05, 3.63) is 66.7 Å². The number of aromatic nitrogens is 2. The molecule has 0 fully saturated rings. The molecule has 0 aliphatic heterocycles. The van der Waals surface area contributed by atoms with Gasteiger partial charge < -0.3 is 10.2 Å². The first-order valence-electron chi connectivity index (χ1n) is 6.71. The summed E-state index contributed by atoms with van der Waals surface area (Å²) in [5, 5.41) is 5.60. The summed E-state index contributed by atoms with van der Waals surface area (Å²) in [6.07, 6.45) is 0. The Morgan fingerprint density at radius 2 is 1.67 bits per heavy atom. The molecule has 21 heavy (non-hydrogen) atoms. The monoisotopic (exact) mass is 275 g/mol. The third-order valence-electron chi connectivity index (χ3n) is 3.42. The van der Waals surface area contributed by atoms with Crippen molar-refractivity contribution in [2.45, 2.75) is 0 Å². The summed E-state index contributed by atoms with van der Waals surface area (Å²) < 4.78 is 7.54. The molecule has 0 saturated carbocycles. The van der Waals surface area contributed by atoms with E-state index >= 15 is 0 Å². The first-order chi connectivity index (χ1) is 10.3. The lowest BCUT2D eigenvalue weighted by Gasteiger charge is -2.02. The minimum Gasteiger partial charge on any atom is -0.454 e. The second kappa shape index (κ2) is 4.52. The van der Waals surface area contributed by atoms with Crippen LogP contribution in [0.4, 0.5) is 5.82 Å². The molecule has 0 radical (unpaired) electrons. The SMILES string of the molecule is Nc1cc(-c2cc3ccccc3o2)nn1-c1ccccc1. The number of rotatable bonds is 2. The number of nitrogens with zero attached hydrogens (tertiary/aromatic N) is 2. The zero-order valence-electron chi connectivity index (χ0n) is 11.2. The molecule has 0 amide bonds. The lowest BCUT2D eigenvalue weighted by Crippen LogP contribution is -2.00. The van der Waals surface area contributed by atoms with Crippen molar-refractivity contribution in [2.24, 2.45) is 0 Å². The average Bonchev–Trinajstić information content (AvgIpc) is 3.11. The van der Waals surface area contributed by atoms with Gasteiger partial charge in [-0.05, 0) is 24.3 Å². The van der Waals surface area contributed by atoms with Gasteiger partial charge in [-0.15, -0.1) is 0 Å². The second-order valence-electron chi connectivity index (χ2n) is 4.85. The maximum atomic E-state index is 6.06. The van der Waals surface area contributed by atoms with Crippen LogP contribution in [-0.4, -0.2) is 9.78 Å². The van der Waals surface area contributed by atoms with Gasteiger partial charge in [-0.1, -0.05) is 36.4 Å². The molecule has 102 valence electrons. The molecule has 4 aromatic rings. The third-order valence-corrected chi connectivity index (χ3v) is 3.42. The molecule has 0 spiro atoms. The van der Waals surface area contributed by atoms with Crippen LogP contribution in [-0.2, 0) is 0 Å². The quantitative estimate of drug-likeness (QED) is 0.604. The van der Waals surface area contributed by atoms with Crippen LogP contribution < -0.4 is 5.73 Å². The Morgan fingerprint density at radius 1 is 0.905 bits per heavy atom. The van der Waals surface area contributed by atoms with Crippen LogP contribution in [0, 0.1) is 0 Å². The van der Waals surface area contributed by atoms with Crippen molar-refractivity contribution < 1.29 is 4.42 Å². The minimum absolute atomic E-state index is 0.580. The van der Waals surface area contributed by atoms with Gasteiger partial charge in [0.25, 0.3) is 0 Å². The summed E-state index contributed by atoms with van der Waals surface area (Å²) in [6, 6.07) is 21.5. The summed E-state index contributed by atoms with van der Waals surface area (Å²) in [5.74, 6) is 1.30. The van der Waals surface area contributed by atoms with Crippen LogP contribution in [0.25, 0.3) is 28.1 Å². The van der Waals surface area contributed by atoms with E-state index < -0.39 is 0 Å². The molecule has 4 nitrogen and oxygen atoms in total. The summed E-state index contributed by atoms with van der Waals surface area (Å²) >= 11 is 0. The number of hydrogen-bond donors (Lipinski definition) is 1. The number of furan rings is 1. The Morgan fingerprint density at radius 3 is 2.48 bits per heavy atom. The Bertz CT molecular complexity index is 873. The van der Waals surface area contributed by atoms with Gasteiger partial charge >= 0.3 is 0 Å². The van der Waals surface area contributed by atoms with E-state index in [-0.39, 0.29) is 0 Å². The molecule has 2 aromatic heterocycles. The van der Waals surface area contributed by atoms with Crippen molar-refractivity contribution in [2.75, 3.05) is 5.73 Å². The first kappa shape index (κ1) is 11.8. The van der Waals surface area contributed by atoms with E-state index in [9.17, 15) is 0 Å². The molecule has 2 heterocycles. The van der Waals surface area contributed by atoms with Gasteiger partial charge in [0.2, 0.25) is 0 Å². The van der Waals surface area contributed by atoms with Gasteiger partial charge in [-0.2, -0.15) is 5.10 Å². The molecular formula is C17H13N3O. The number of benzene rings is 2.